The fourth-order valence-corrected chi connectivity index (χ4v) is 1.08. The summed E-state index contributed by atoms with van der Waals surface area (Å²) in [6, 6.07) is 3.95. The van der Waals surface area contributed by atoms with Gasteiger partial charge in [0.25, 0.3) is 5.69 Å². The average molecular weight is 193 g/mol. The van der Waals surface area contributed by atoms with Crippen LogP contribution >= 0.6 is 0 Å². The van der Waals surface area contributed by atoms with E-state index in [4.69, 9.17) is 0 Å². The Kier molecular flexibility index (Phi) is 2.86. The van der Waals surface area contributed by atoms with Crippen LogP contribution < -0.4 is 0 Å². The summed E-state index contributed by atoms with van der Waals surface area (Å²) in [5, 5.41) is 19.9. The van der Waals surface area contributed by atoms with Crippen molar-refractivity contribution < 1.29 is 10.0 Å². The molecule has 0 fully saturated rings. The van der Waals surface area contributed by atoms with Gasteiger partial charge >= 0.3 is 0 Å². The minimum absolute atomic E-state index is 0.0182. The quantitative estimate of drug-likeness (QED) is 0.580. The van der Waals surface area contributed by atoms with Gasteiger partial charge in [0, 0.05) is 17.7 Å². The molecule has 0 saturated carbocycles. The van der Waals surface area contributed by atoms with E-state index in [0.717, 1.165) is 5.57 Å². The third-order valence-electron chi connectivity index (χ3n) is 1.67. The first kappa shape index (κ1) is 10.2. The Hall–Kier alpha value is -1.84. The first-order valence-electron chi connectivity index (χ1n) is 4.13. The molecule has 14 heavy (non-hydrogen) atoms. The normalized spacial score (nSPS) is 9.57. The number of non-ortho nitro benzene ring substituents is 1. The maximum Gasteiger partial charge on any atom is 0.270 e. The van der Waals surface area contributed by atoms with Gasteiger partial charge in [-0.25, -0.2) is 0 Å². The van der Waals surface area contributed by atoms with Crippen molar-refractivity contribution in [2.75, 3.05) is 0 Å². The fraction of sp³-hybridized carbons (Fsp3) is 0.200. The van der Waals surface area contributed by atoms with Crippen LogP contribution in [0.15, 0.2) is 23.8 Å². The molecule has 0 heterocycles. The van der Waals surface area contributed by atoms with Crippen molar-refractivity contribution in [2.24, 2.45) is 0 Å². The molecule has 0 spiro atoms. The number of nitro groups is 1. The van der Waals surface area contributed by atoms with E-state index in [1.54, 1.807) is 6.08 Å². The summed E-state index contributed by atoms with van der Waals surface area (Å²) in [7, 11) is 0. The zero-order valence-electron chi connectivity index (χ0n) is 8.02. The monoisotopic (exact) mass is 193 g/mol. The van der Waals surface area contributed by atoms with Crippen LogP contribution in [0, 0.1) is 10.1 Å². The standard InChI is InChI=1S/C10H11NO3/c1-7(2)5-8-6-9(11(13)14)3-4-10(8)12/h3-6,12H,1-2H3. The second-order valence-corrected chi connectivity index (χ2v) is 3.22. The maximum absolute atomic E-state index is 10.5. The summed E-state index contributed by atoms with van der Waals surface area (Å²) in [5.74, 6) is 0.0526. The van der Waals surface area contributed by atoms with E-state index in [9.17, 15) is 15.2 Å². The molecular weight excluding hydrogens is 182 g/mol. The lowest BCUT2D eigenvalue weighted by Gasteiger charge is -1.99. The smallest absolute Gasteiger partial charge is 0.270 e. The van der Waals surface area contributed by atoms with Crippen molar-refractivity contribution in [3.05, 3.63) is 39.4 Å². The number of rotatable bonds is 2. The van der Waals surface area contributed by atoms with E-state index in [2.05, 4.69) is 0 Å². The Labute approximate surface area is 81.6 Å². The van der Waals surface area contributed by atoms with Crippen LogP contribution in [0.2, 0.25) is 0 Å². The number of phenolic OH excluding ortho intramolecular Hbond substituents is 1. The van der Waals surface area contributed by atoms with Crippen molar-refractivity contribution in [3.63, 3.8) is 0 Å². The Morgan fingerprint density at radius 2 is 2.14 bits per heavy atom. The van der Waals surface area contributed by atoms with Crippen LogP contribution in [0.3, 0.4) is 0 Å². The minimum atomic E-state index is -0.484. The van der Waals surface area contributed by atoms with E-state index >= 15 is 0 Å². The third-order valence-corrected chi connectivity index (χ3v) is 1.67. The van der Waals surface area contributed by atoms with Crippen molar-refractivity contribution in [2.45, 2.75) is 13.8 Å². The average Bonchev–Trinajstić information content (AvgIpc) is 2.07. The molecule has 0 aromatic heterocycles. The van der Waals surface area contributed by atoms with Crippen LogP contribution in [0.1, 0.15) is 19.4 Å². The molecule has 0 radical (unpaired) electrons. The van der Waals surface area contributed by atoms with E-state index in [1.165, 1.54) is 18.2 Å². The highest BCUT2D eigenvalue weighted by Gasteiger charge is 2.08. The molecule has 1 aromatic carbocycles. The Morgan fingerprint density at radius 1 is 1.50 bits per heavy atom. The number of hydrogen-bond acceptors (Lipinski definition) is 3. The van der Waals surface area contributed by atoms with Gasteiger partial charge in [0.1, 0.15) is 5.75 Å². The van der Waals surface area contributed by atoms with Gasteiger partial charge < -0.3 is 5.11 Å². The molecule has 1 N–H and O–H groups in total. The lowest BCUT2D eigenvalue weighted by atomic mass is 10.1. The molecule has 0 amide bonds. The van der Waals surface area contributed by atoms with Gasteiger partial charge in [0.15, 0.2) is 0 Å². The van der Waals surface area contributed by atoms with E-state index in [-0.39, 0.29) is 11.4 Å². The van der Waals surface area contributed by atoms with Crippen LogP contribution in [0.5, 0.6) is 5.75 Å². The van der Waals surface area contributed by atoms with Crippen LogP contribution in [0.25, 0.3) is 6.08 Å². The molecule has 0 aliphatic carbocycles. The molecule has 0 aliphatic heterocycles. The number of hydrogen-bond donors (Lipinski definition) is 1. The van der Waals surface area contributed by atoms with Gasteiger partial charge in [-0.15, -0.1) is 0 Å². The molecule has 1 rings (SSSR count). The molecule has 0 unspecified atom stereocenters. The van der Waals surface area contributed by atoms with Crippen molar-refractivity contribution in [1.82, 2.24) is 0 Å². The van der Waals surface area contributed by atoms with Gasteiger partial charge in [0.05, 0.1) is 4.92 Å². The van der Waals surface area contributed by atoms with Crippen LogP contribution in [-0.4, -0.2) is 10.0 Å². The van der Waals surface area contributed by atoms with Gasteiger partial charge in [-0.3, -0.25) is 10.1 Å². The molecule has 4 heteroatoms. The highest BCUT2D eigenvalue weighted by molar-refractivity contribution is 5.61. The van der Waals surface area contributed by atoms with E-state index in [1.807, 2.05) is 13.8 Å². The second-order valence-electron chi connectivity index (χ2n) is 3.22. The molecule has 4 nitrogen and oxygen atoms in total. The van der Waals surface area contributed by atoms with Gasteiger partial charge in [-0.1, -0.05) is 11.6 Å². The highest BCUT2D eigenvalue weighted by Crippen LogP contribution is 2.24. The Balaban J connectivity index is 3.22. The number of aromatic hydroxyl groups is 1. The zero-order chi connectivity index (χ0) is 10.7. The summed E-state index contributed by atoms with van der Waals surface area (Å²) in [6.07, 6.45) is 1.70. The van der Waals surface area contributed by atoms with Crippen LogP contribution in [-0.2, 0) is 0 Å². The summed E-state index contributed by atoms with van der Waals surface area (Å²) >= 11 is 0. The van der Waals surface area contributed by atoms with Gasteiger partial charge in [-0.05, 0) is 19.9 Å². The van der Waals surface area contributed by atoms with Crippen molar-refractivity contribution >= 4 is 11.8 Å². The predicted molar refractivity (Wildman–Crippen MR) is 54.1 cm³/mol. The number of benzene rings is 1. The summed E-state index contributed by atoms with van der Waals surface area (Å²) < 4.78 is 0. The number of nitrogens with zero attached hydrogens (tertiary/aromatic N) is 1. The molecule has 74 valence electrons. The second kappa shape index (κ2) is 3.91. The number of phenols is 1. The predicted octanol–water partition coefficient (Wildman–Crippen LogP) is 2.72. The Morgan fingerprint density at radius 3 is 2.64 bits per heavy atom. The van der Waals surface area contributed by atoms with E-state index < -0.39 is 4.92 Å². The number of nitro benzene ring substituents is 1. The molecular formula is C10H11NO3. The van der Waals surface area contributed by atoms with E-state index in [0.29, 0.717) is 5.56 Å². The summed E-state index contributed by atoms with van der Waals surface area (Å²) in [6.45, 7) is 3.72. The first-order valence-corrected chi connectivity index (χ1v) is 4.13. The molecule has 0 saturated heterocycles. The molecule has 0 aliphatic rings. The van der Waals surface area contributed by atoms with Gasteiger partial charge in [-0.2, -0.15) is 0 Å². The third kappa shape index (κ3) is 2.32. The maximum atomic E-state index is 10.5. The van der Waals surface area contributed by atoms with Gasteiger partial charge in [0.2, 0.25) is 0 Å². The fourth-order valence-electron chi connectivity index (χ4n) is 1.08. The summed E-state index contributed by atoms with van der Waals surface area (Å²) in [5.41, 5.74) is 1.43. The molecule has 0 atom stereocenters. The topological polar surface area (TPSA) is 63.4 Å². The molecule has 1 aromatic rings. The lowest BCUT2D eigenvalue weighted by Crippen LogP contribution is -1.88. The van der Waals surface area contributed by atoms with Crippen molar-refractivity contribution in [3.8, 4) is 5.75 Å². The lowest BCUT2D eigenvalue weighted by molar-refractivity contribution is -0.384. The SMILES string of the molecule is CC(C)=Cc1cc([N+](=O)[O-])ccc1O. The van der Waals surface area contributed by atoms with Crippen LogP contribution in [0.4, 0.5) is 5.69 Å². The van der Waals surface area contributed by atoms with Crippen molar-refractivity contribution in [1.29, 1.82) is 0 Å². The largest absolute Gasteiger partial charge is 0.507 e. The zero-order valence-corrected chi connectivity index (χ0v) is 8.02. The summed E-state index contributed by atoms with van der Waals surface area (Å²) in [4.78, 5) is 9.97. The number of allylic oxidation sites excluding steroid dienone is 1. The minimum Gasteiger partial charge on any atom is -0.507 e. The molecule has 0 bridgehead atoms. The first-order chi connectivity index (χ1) is 6.50. The Bertz CT molecular complexity index is 392. The highest BCUT2D eigenvalue weighted by atomic mass is 16.6.